The van der Waals surface area contributed by atoms with Crippen LogP contribution in [0.2, 0.25) is 0 Å². The average Bonchev–Trinajstić information content (AvgIpc) is 3.34. The van der Waals surface area contributed by atoms with E-state index in [0.717, 1.165) is 68.7 Å². The van der Waals surface area contributed by atoms with Gasteiger partial charge >= 0.3 is 0 Å². The molecule has 146 valence electrons. The van der Waals surface area contributed by atoms with Crippen molar-refractivity contribution in [2.45, 2.75) is 19.4 Å². The summed E-state index contributed by atoms with van der Waals surface area (Å²) in [5.74, 6) is 2.62. The molecule has 0 amide bonds. The molecule has 0 aliphatic carbocycles. The van der Waals surface area contributed by atoms with E-state index in [1.54, 1.807) is 0 Å². The van der Waals surface area contributed by atoms with Gasteiger partial charge < -0.3 is 19.9 Å². The summed E-state index contributed by atoms with van der Waals surface area (Å²) in [4.78, 5) is 18.3. The number of rotatable bonds is 4. The molecule has 0 saturated carbocycles. The van der Waals surface area contributed by atoms with E-state index in [9.17, 15) is 0 Å². The van der Waals surface area contributed by atoms with Crippen LogP contribution in [0.5, 0.6) is 0 Å². The summed E-state index contributed by atoms with van der Waals surface area (Å²) < 4.78 is 7.32. The van der Waals surface area contributed by atoms with Gasteiger partial charge in [0.1, 0.15) is 11.3 Å². The summed E-state index contributed by atoms with van der Waals surface area (Å²) in [5, 5.41) is 7.99. The number of fused-ring (bicyclic) bond motifs is 1. The van der Waals surface area contributed by atoms with Gasteiger partial charge in [0.15, 0.2) is 5.82 Å². The van der Waals surface area contributed by atoms with E-state index in [2.05, 4.69) is 36.2 Å². The molecular weight excluding hydrogens is 356 g/mol. The largest absolute Gasteiger partial charge is 0.378 e. The summed E-state index contributed by atoms with van der Waals surface area (Å²) in [6, 6.07) is 4.33. The maximum absolute atomic E-state index is 5.43. The van der Waals surface area contributed by atoms with Gasteiger partial charge in [-0.25, -0.2) is 14.5 Å². The lowest BCUT2D eigenvalue weighted by Gasteiger charge is -2.28. The third kappa shape index (κ3) is 3.33. The molecule has 2 aliphatic heterocycles. The van der Waals surface area contributed by atoms with Crippen molar-refractivity contribution >= 4 is 23.1 Å². The minimum absolute atomic E-state index is 0.283. The molecule has 2 aliphatic rings. The normalized spacial score (nSPS) is 20.1. The maximum atomic E-state index is 5.43. The van der Waals surface area contributed by atoms with Crippen molar-refractivity contribution in [1.82, 2.24) is 24.6 Å². The molecule has 9 nitrogen and oxygen atoms in total. The van der Waals surface area contributed by atoms with Crippen LogP contribution in [0, 0.1) is 6.92 Å². The monoisotopic (exact) mass is 380 g/mol. The molecule has 1 N–H and O–H groups in total. The van der Waals surface area contributed by atoms with E-state index in [1.807, 2.05) is 36.1 Å². The van der Waals surface area contributed by atoms with Crippen LogP contribution in [0.4, 0.5) is 17.6 Å². The van der Waals surface area contributed by atoms with Gasteiger partial charge in [0, 0.05) is 50.8 Å². The first kappa shape index (κ1) is 17.2. The molecule has 2 saturated heterocycles. The molecule has 28 heavy (non-hydrogen) atoms. The molecule has 3 aromatic rings. The van der Waals surface area contributed by atoms with E-state index < -0.39 is 0 Å². The minimum Gasteiger partial charge on any atom is -0.378 e. The predicted molar refractivity (Wildman–Crippen MR) is 107 cm³/mol. The highest BCUT2D eigenvalue weighted by atomic mass is 16.5. The molecule has 5 heterocycles. The van der Waals surface area contributed by atoms with Crippen molar-refractivity contribution in [2.24, 2.45) is 0 Å². The molecule has 1 unspecified atom stereocenters. The molecule has 1 atom stereocenters. The Labute approximate surface area is 163 Å². The van der Waals surface area contributed by atoms with Gasteiger partial charge in [-0.15, -0.1) is 0 Å². The smallest absolute Gasteiger partial charge is 0.224 e. The number of nitrogens with zero attached hydrogens (tertiary/aromatic N) is 7. The lowest BCUT2D eigenvalue weighted by molar-refractivity contribution is 0.122. The van der Waals surface area contributed by atoms with Crippen molar-refractivity contribution in [2.75, 3.05) is 54.5 Å². The molecule has 3 aromatic heterocycles. The average molecular weight is 380 g/mol. The van der Waals surface area contributed by atoms with E-state index in [4.69, 9.17) is 9.72 Å². The van der Waals surface area contributed by atoms with Crippen LogP contribution in [0.15, 0.2) is 30.7 Å². The lowest BCUT2D eigenvalue weighted by Crippen LogP contribution is -2.37. The molecule has 5 rings (SSSR count). The van der Waals surface area contributed by atoms with Crippen LogP contribution < -0.4 is 15.1 Å². The van der Waals surface area contributed by atoms with Gasteiger partial charge in [0.05, 0.1) is 18.9 Å². The van der Waals surface area contributed by atoms with E-state index in [0.29, 0.717) is 5.95 Å². The van der Waals surface area contributed by atoms with E-state index >= 15 is 0 Å². The SMILES string of the molecule is Cc1cc2c(N3CCC(Nc4nccc(N5CCOCC5)n4)C3)nccn2n1. The fraction of sp³-hybridized carbons (Fsp3) is 0.474. The van der Waals surface area contributed by atoms with Gasteiger partial charge in [-0.1, -0.05) is 0 Å². The number of hydrogen-bond donors (Lipinski definition) is 1. The second-order valence-electron chi connectivity index (χ2n) is 7.28. The molecule has 2 fully saturated rings. The van der Waals surface area contributed by atoms with Gasteiger partial charge in [-0.05, 0) is 25.5 Å². The summed E-state index contributed by atoms with van der Waals surface area (Å²) in [5.41, 5.74) is 2.04. The number of aryl methyl sites for hydroxylation is 1. The van der Waals surface area contributed by atoms with Crippen molar-refractivity contribution in [1.29, 1.82) is 0 Å². The fourth-order valence-corrected chi connectivity index (χ4v) is 3.91. The zero-order chi connectivity index (χ0) is 18.9. The van der Waals surface area contributed by atoms with Crippen LogP contribution in [0.3, 0.4) is 0 Å². The number of nitrogens with one attached hydrogen (secondary N) is 1. The van der Waals surface area contributed by atoms with Gasteiger partial charge in [-0.2, -0.15) is 10.1 Å². The quantitative estimate of drug-likeness (QED) is 0.726. The Morgan fingerprint density at radius 1 is 1.11 bits per heavy atom. The van der Waals surface area contributed by atoms with Gasteiger partial charge in [0.2, 0.25) is 5.95 Å². The van der Waals surface area contributed by atoms with Gasteiger partial charge in [0.25, 0.3) is 0 Å². The molecule has 9 heteroatoms. The number of aromatic nitrogens is 5. The zero-order valence-electron chi connectivity index (χ0n) is 16.0. The number of anilines is 3. The van der Waals surface area contributed by atoms with Crippen molar-refractivity contribution in [3.05, 3.63) is 36.4 Å². The van der Waals surface area contributed by atoms with Crippen LogP contribution in [-0.4, -0.2) is 70.0 Å². The van der Waals surface area contributed by atoms with Crippen LogP contribution in [-0.2, 0) is 4.74 Å². The lowest BCUT2D eigenvalue weighted by atomic mass is 10.3. The van der Waals surface area contributed by atoms with E-state index in [1.165, 1.54) is 0 Å². The van der Waals surface area contributed by atoms with Gasteiger partial charge in [-0.3, -0.25) is 0 Å². The highest BCUT2D eigenvalue weighted by Gasteiger charge is 2.26. The zero-order valence-corrected chi connectivity index (χ0v) is 16.0. The third-order valence-electron chi connectivity index (χ3n) is 5.29. The predicted octanol–water partition coefficient (Wildman–Crippen LogP) is 1.36. The van der Waals surface area contributed by atoms with E-state index in [-0.39, 0.29) is 6.04 Å². The van der Waals surface area contributed by atoms with Crippen LogP contribution >= 0.6 is 0 Å². The Kier molecular flexibility index (Phi) is 4.44. The highest BCUT2D eigenvalue weighted by molar-refractivity contribution is 5.69. The Hall–Kier alpha value is -2.94. The summed E-state index contributed by atoms with van der Waals surface area (Å²) in [7, 11) is 0. The Balaban J connectivity index is 1.29. The van der Waals surface area contributed by atoms with Crippen LogP contribution in [0.1, 0.15) is 12.1 Å². The van der Waals surface area contributed by atoms with Crippen molar-refractivity contribution < 1.29 is 4.74 Å². The highest BCUT2D eigenvalue weighted by Crippen LogP contribution is 2.25. The van der Waals surface area contributed by atoms with Crippen molar-refractivity contribution in [3.63, 3.8) is 0 Å². The summed E-state index contributed by atoms with van der Waals surface area (Å²) in [6.07, 6.45) is 6.54. The third-order valence-corrected chi connectivity index (χ3v) is 5.29. The summed E-state index contributed by atoms with van der Waals surface area (Å²) >= 11 is 0. The Morgan fingerprint density at radius 2 is 2.00 bits per heavy atom. The summed E-state index contributed by atoms with van der Waals surface area (Å²) in [6.45, 7) is 7.04. The number of morpholine rings is 1. The molecule has 0 spiro atoms. The second kappa shape index (κ2) is 7.23. The standard InChI is InChI=1S/C19H24N8O/c1-14-12-16-18(20-5-7-27(16)24-14)26-6-3-15(13-26)22-19-21-4-2-17(23-19)25-8-10-28-11-9-25/h2,4-5,7,12,15H,3,6,8-11,13H2,1H3,(H,21,22,23). The maximum Gasteiger partial charge on any atom is 0.224 e. The molecule has 0 bridgehead atoms. The Morgan fingerprint density at radius 3 is 2.89 bits per heavy atom. The first-order valence-electron chi connectivity index (χ1n) is 9.74. The topological polar surface area (TPSA) is 83.7 Å². The first-order chi connectivity index (χ1) is 13.8. The molecular formula is C19H24N8O. The minimum atomic E-state index is 0.283. The Bertz CT molecular complexity index is 967. The molecule has 0 radical (unpaired) electrons. The fourth-order valence-electron chi connectivity index (χ4n) is 3.91. The number of ether oxygens (including phenoxy) is 1. The van der Waals surface area contributed by atoms with Crippen LogP contribution in [0.25, 0.3) is 5.52 Å². The first-order valence-corrected chi connectivity index (χ1v) is 9.74. The van der Waals surface area contributed by atoms with Crippen molar-refractivity contribution in [3.8, 4) is 0 Å². The molecule has 0 aromatic carbocycles. The number of hydrogen-bond acceptors (Lipinski definition) is 8. The second-order valence-corrected chi connectivity index (χ2v) is 7.28.